The quantitative estimate of drug-likeness (QED) is 0.636. The molecule has 6 heteroatoms. The van der Waals surface area contributed by atoms with Crippen LogP contribution in [0, 0.1) is 5.82 Å². The van der Waals surface area contributed by atoms with Gasteiger partial charge in [0, 0.05) is 0 Å². The van der Waals surface area contributed by atoms with Gasteiger partial charge in [-0.05, 0) is 26.0 Å². The topological polar surface area (TPSA) is 66.5 Å². The predicted octanol–water partition coefficient (Wildman–Crippen LogP) is 0.880. The zero-order valence-corrected chi connectivity index (χ0v) is 10.6. The Morgan fingerprint density at radius 1 is 1.42 bits per heavy atom. The standard InChI is InChI=1S/C13H13FN2O3/c1-7-13(19)15-11(18)6-16(7)10-5-3-4-9(14)12(10)8(2)17/h3-5,7H,6H2,1-2H3,(H,15,18,19). The van der Waals surface area contributed by atoms with E-state index in [1.807, 2.05) is 0 Å². The lowest BCUT2D eigenvalue weighted by molar-refractivity contribution is -0.132. The molecule has 2 rings (SSSR count). The minimum atomic E-state index is -0.657. The third kappa shape index (κ3) is 2.33. The largest absolute Gasteiger partial charge is 0.350 e. The van der Waals surface area contributed by atoms with Gasteiger partial charge in [-0.2, -0.15) is 0 Å². The van der Waals surface area contributed by atoms with Crippen molar-refractivity contribution < 1.29 is 18.8 Å². The Morgan fingerprint density at radius 3 is 2.74 bits per heavy atom. The van der Waals surface area contributed by atoms with E-state index in [1.54, 1.807) is 6.92 Å². The van der Waals surface area contributed by atoms with Crippen LogP contribution in [0.5, 0.6) is 0 Å². The monoisotopic (exact) mass is 264 g/mol. The van der Waals surface area contributed by atoms with Gasteiger partial charge in [-0.15, -0.1) is 0 Å². The molecule has 1 heterocycles. The van der Waals surface area contributed by atoms with Crippen LogP contribution in [-0.2, 0) is 9.59 Å². The molecule has 0 saturated carbocycles. The zero-order chi connectivity index (χ0) is 14.2. The van der Waals surface area contributed by atoms with Gasteiger partial charge in [0.25, 0.3) is 0 Å². The maximum absolute atomic E-state index is 13.7. The van der Waals surface area contributed by atoms with Gasteiger partial charge < -0.3 is 4.90 Å². The summed E-state index contributed by atoms with van der Waals surface area (Å²) in [5.74, 6) is -2.04. The van der Waals surface area contributed by atoms with Crippen molar-refractivity contribution in [3.8, 4) is 0 Å². The zero-order valence-electron chi connectivity index (χ0n) is 10.6. The van der Waals surface area contributed by atoms with Crippen molar-refractivity contribution in [3.05, 3.63) is 29.6 Å². The van der Waals surface area contributed by atoms with Gasteiger partial charge in [-0.3, -0.25) is 19.7 Å². The Kier molecular flexibility index (Phi) is 3.33. The van der Waals surface area contributed by atoms with Crippen LogP contribution >= 0.6 is 0 Å². The van der Waals surface area contributed by atoms with E-state index >= 15 is 0 Å². The van der Waals surface area contributed by atoms with Gasteiger partial charge in [0.05, 0.1) is 17.8 Å². The summed E-state index contributed by atoms with van der Waals surface area (Å²) in [5, 5.41) is 2.19. The summed E-state index contributed by atoms with van der Waals surface area (Å²) >= 11 is 0. The molecule has 1 aromatic rings. The lowest BCUT2D eigenvalue weighted by atomic mass is 10.0. The van der Waals surface area contributed by atoms with Gasteiger partial charge in [-0.1, -0.05) is 6.07 Å². The van der Waals surface area contributed by atoms with Gasteiger partial charge in [-0.25, -0.2) is 4.39 Å². The SMILES string of the molecule is CC(=O)c1c(F)cccc1N1CC(=O)NC(=O)C1C. The fourth-order valence-electron chi connectivity index (χ4n) is 2.11. The number of halogens is 1. The molecule has 0 aromatic heterocycles. The van der Waals surface area contributed by atoms with Crippen LogP contribution < -0.4 is 10.2 Å². The van der Waals surface area contributed by atoms with Gasteiger partial charge >= 0.3 is 0 Å². The second-order valence-electron chi connectivity index (χ2n) is 4.41. The van der Waals surface area contributed by atoms with Gasteiger partial charge in [0.1, 0.15) is 11.9 Å². The Balaban J connectivity index is 2.52. The van der Waals surface area contributed by atoms with E-state index in [2.05, 4.69) is 5.32 Å². The Morgan fingerprint density at radius 2 is 2.11 bits per heavy atom. The third-order valence-electron chi connectivity index (χ3n) is 3.08. The van der Waals surface area contributed by atoms with E-state index in [9.17, 15) is 18.8 Å². The second-order valence-corrected chi connectivity index (χ2v) is 4.41. The van der Waals surface area contributed by atoms with Gasteiger partial charge in [0.15, 0.2) is 5.78 Å². The molecule has 1 unspecified atom stereocenters. The van der Waals surface area contributed by atoms with E-state index in [4.69, 9.17) is 0 Å². The van der Waals surface area contributed by atoms with E-state index in [-0.39, 0.29) is 17.8 Å². The fraction of sp³-hybridized carbons (Fsp3) is 0.308. The van der Waals surface area contributed by atoms with Crippen molar-refractivity contribution in [2.75, 3.05) is 11.4 Å². The highest BCUT2D eigenvalue weighted by Crippen LogP contribution is 2.26. The molecule has 1 aliphatic heterocycles. The molecule has 1 aromatic carbocycles. The average Bonchev–Trinajstić information content (AvgIpc) is 2.33. The summed E-state index contributed by atoms with van der Waals surface area (Å²) in [6, 6.07) is 3.51. The van der Waals surface area contributed by atoms with Crippen molar-refractivity contribution in [3.63, 3.8) is 0 Å². The molecule has 1 aliphatic rings. The molecule has 0 radical (unpaired) electrons. The number of hydrogen-bond donors (Lipinski definition) is 1. The first-order valence-corrected chi connectivity index (χ1v) is 5.81. The molecule has 1 N–H and O–H groups in total. The molecule has 1 saturated heterocycles. The summed E-state index contributed by atoms with van der Waals surface area (Å²) < 4.78 is 13.7. The lowest BCUT2D eigenvalue weighted by Gasteiger charge is -2.34. The van der Waals surface area contributed by atoms with E-state index in [0.29, 0.717) is 0 Å². The molecule has 0 bridgehead atoms. The number of Topliss-reactive ketones (excluding diaryl/α,β-unsaturated/α-hetero) is 1. The summed E-state index contributed by atoms with van der Waals surface area (Å²) in [6.07, 6.45) is 0. The molecule has 100 valence electrons. The van der Waals surface area contributed by atoms with E-state index in [0.717, 1.165) is 0 Å². The normalized spacial score (nSPS) is 19.3. The summed E-state index contributed by atoms with van der Waals surface area (Å²) in [4.78, 5) is 36.0. The van der Waals surface area contributed by atoms with Crippen LogP contribution in [0.1, 0.15) is 24.2 Å². The van der Waals surface area contributed by atoms with E-state index < -0.39 is 29.5 Å². The Hall–Kier alpha value is -2.24. The number of rotatable bonds is 2. The highest BCUT2D eigenvalue weighted by Gasteiger charge is 2.32. The number of ketones is 1. The van der Waals surface area contributed by atoms with Crippen LogP contribution in [0.2, 0.25) is 0 Å². The third-order valence-corrected chi connectivity index (χ3v) is 3.08. The number of carbonyl (C=O) groups is 3. The van der Waals surface area contributed by atoms with Crippen molar-refractivity contribution >= 4 is 23.3 Å². The van der Waals surface area contributed by atoms with Crippen molar-refractivity contribution in [2.24, 2.45) is 0 Å². The highest BCUT2D eigenvalue weighted by molar-refractivity contribution is 6.07. The summed E-state index contributed by atoms with van der Waals surface area (Å²) in [5.41, 5.74) is 0.167. The predicted molar refractivity (Wildman–Crippen MR) is 66.4 cm³/mol. The van der Waals surface area contributed by atoms with Crippen LogP contribution in [0.3, 0.4) is 0 Å². The molecule has 0 aliphatic carbocycles. The summed E-state index contributed by atoms with van der Waals surface area (Å²) in [6.45, 7) is 2.76. The first kappa shape index (κ1) is 13.2. The molecule has 0 spiro atoms. The number of hydrogen-bond acceptors (Lipinski definition) is 4. The number of nitrogens with one attached hydrogen (secondary N) is 1. The van der Waals surface area contributed by atoms with Crippen LogP contribution in [0.15, 0.2) is 18.2 Å². The number of amides is 2. The minimum Gasteiger partial charge on any atom is -0.350 e. The van der Waals surface area contributed by atoms with Crippen molar-refractivity contribution in [1.29, 1.82) is 0 Å². The molecule has 1 atom stereocenters. The van der Waals surface area contributed by atoms with Crippen LogP contribution in [0.25, 0.3) is 0 Å². The number of anilines is 1. The molecular weight excluding hydrogens is 251 g/mol. The fourth-order valence-corrected chi connectivity index (χ4v) is 2.11. The Labute approximate surface area is 109 Å². The number of piperazine rings is 1. The number of carbonyl (C=O) groups excluding carboxylic acids is 3. The number of nitrogens with zero attached hydrogens (tertiary/aromatic N) is 1. The van der Waals surface area contributed by atoms with Crippen molar-refractivity contribution in [2.45, 2.75) is 19.9 Å². The molecule has 5 nitrogen and oxygen atoms in total. The molecular formula is C13H13FN2O3. The Bertz CT molecular complexity index is 571. The lowest BCUT2D eigenvalue weighted by Crippen LogP contribution is -2.57. The first-order chi connectivity index (χ1) is 8.91. The molecule has 19 heavy (non-hydrogen) atoms. The summed E-state index contributed by atoms with van der Waals surface area (Å²) in [7, 11) is 0. The average molecular weight is 264 g/mol. The van der Waals surface area contributed by atoms with Crippen LogP contribution in [-0.4, -0.2) is 30.2 Å². The van der Waals surface area contributed by atoms with Gasteiger partial charge in [0.2, 0.25) is 11.8 Å². The minimum absolute atomic E-state index is 0.0867. The smallest absolute Gasteiger partial charge is 0.249 e. The molecule has 2 amide bonds. The second kappa shape index (κ2) is 4.79. The van der Waals surface area contributed by atoms with Crippen molar-refractivity contribution in [1.82, 2.24) is 5.32 Å². The molecule has 1 fully saturated rings. The number of benzene rings is 1. The van der Waals surface area contributed by atoms with Crippen LogP contribution in [0.4, 0.5) is 10.1 Å². The first-order valence-electron chi connectivity index (χ1n) is 5.81. The maximum Gasteiger partial charge on any atom is 0.249 e. The van der Waals surface area contributed by atoms with E-state index in [1.165, 1.54) is 30.0 Å². The number of imide groups is 1. The maximum atomic E-state index is 13.7. The highest BCUT2D eigenvalue weighted by atomic mass is 19.1.